The predicted molar refractivity (Wildman–Crippen MR) is 148 cm³/mol. The Kier molecular flexibility index (Phi) is 10.8. The van der Waals surface area contributed by atoms with Crippen LogP contribution in [0.5, 0.6) is 0 Å². The number of ether oxygens (including phenoxy) is 4. The smallest absolute Gasteiger partial charge is 0.320 e. The van der Waals surface area contributed by atoms with E-state index in [0.717, 1.165) is 38.8 Å². The summed E-state index contributed by atoms with van der Waals surface area (Å²) in [5.41, 5.74) is 1.36. The van der Waals surface area contributed by atoms with Crippen molar-refractivity contribution in [2.75, 3.05) is 87.1 Å². The van der Waals surface area contributed by atoms with Crippen molar-refractivity contribution in [3.05, 3.63) is 35.9 Å². The highest BCUT2D eigenvalue weighted by molar-refractivity contribution is 5.78. The van der Waals surface area contributed by atoms with Gasteiger partial charge in [-0.3, -0.25) is 4.90 Å². The molecule has 1 aliphatic heterocycles. The fraction of sp³-hybridized carbons (Fsp3) is 0.767. The van der Waals surface area contributed by atoms with Crippen molar-refractivity contribution in [2.24, 2.45) is 5.92 Å². The van der Waals surface area contributed by atoms with Crippen LogP contribution in [-0.2, 0) is 24.5 Å². The maximum atomic E-state index is 13.7. The lowest BCUT2D eigenvalue weighted by molar-refractivity contribution is 0.00169. The minimum absolute atomic E-state index is 0.0308. The van der Waals surface area contributed by atoms with Gasteiger partial charge in [0.1, 0.15) is 0 Å². The molecule has 2 amide bonds. The quantitative estimate of drug-likeness (QED) is 0.301. The Morgan fingerprint density at radius 3 is 2.03 bits per heavy atom. The third-order valence-electron chi connectivity index (χ3n) is 9.08. The highest BCUT2D eigenvalue weighted by Gasteiger charge is 2.54. The van der Waals surface area contributed by atoms with Crippen LogP contribution in [0.1, 0.15) is 50.5 Å². The summed E-state index contributed by atoms with van der Waals surface area (Å²) in [7, 11) is 6.08. The van der Waals surface area contributed by atoms with Gasteiger partial charge in [0.25, 0.3) is 0 Å². The van der Waals surface area contributed by atoms with Gasteiger partial charge in [0.2, 0.25) is 0 Å². The molecule has 8 nitrogen and oxygen atoms in total. The van der Waals surface area contributed by atoms with Crippen LogP contribution < -0.4 is 0 Å². The van der Waals surface area contributed by atoms with Gasteiger partial charge >= 0.3 is 6.03 Å². The number of amides is 2. The van der Waals surface area contributed by atoms with Gasteiger partial charge in [0, 0.05) is 32.3 Å². The number of methoxy groups -OCH3 is 1. The van der Waals surface area contributed by atoms with E-state index < -0.39 is 0 Å². The van der Waals surface area contributed by atoms with Gasteiger partial charge in [0.05, 0.1) is 51.8 Å². The number of hydrogen-bond acceptors (Lipinski definition) is 6. The Bertz CT molecular complexity index is 840. The molecule has 214 valence electrons. The Balaban J connectivity index is 1.28. The summed E-state index contributed by atoms with van der Waals surface area (Å²) in [5, 5.41) is 0. The van der Waals surface area contributed by atoms with Crippen molar-refractivity contribution in [2.45, 2.75) is 56.0 Å². The first kappa shape index (κ1) is 29.3. The van der Waals surface area contributed by atoms with Gasteiger partial charge in [0.15, 0.2) is 0 Å². The van der Waals surface area contributed by atoms with Crippen molar-refractivity contribution in [1.29, 1.82) is 0 Å². The molecular formula is C30H49N3O5. The molecule has 0 N–H and O–H groups in total. The number of hydrogen-bond donors (Lipinski definition) is 0. The van der Waals surface area contributed by atoms with Gasteiger partial charge in [-0.2, -0.15) is 0 Å². The fourth-order valence-corrected chi connectivity index (χ4v) is 6.42. The van der Waals surface area contributed by atoms with Crippen LogP contribution in [0.3, 0.4) is 0 Å². The summed E-state index contributed by atoms with van der Waals surface area (Å²) < 4.78 is 21.7. The molecule has 8 heteroatoms. The highest BCUT2D eigenvalue weighted by atomic mass is 16.6. The average molecular weight is 532 g/mol. The van der Waals surface area contributed by atoms with Crippen LogP contribution in [0, 0.1) is 5.92 Å². The second kappa shape index (κ2) is 14.1. The largest absolute Gasteiger partial charge is 0.382 e. The molecule has 0 unspecified atom stereocenters. The van der Waals surface area contributed by atoms with Gasteiger partial charge in [-0.25, -0.2) is 4.79 Å². The minimum Gasteiger partial charge on any atom is -0.382 e. The second-order valence-electron chi connectivity index (χ2n) is 11.5. The first-order valence-corrected chi connectivity index (χ1v) is 14.5. The first-order valence-electron chi connectivity index (χ1n) is 14.5. The summed E-state index contributed by atoms with van der Waals surface area (Å²) >= 11 is 0. The van der Waals surface area contributed by atoms with E-state index in [1.165, 1.54) is 24.8 Å². The van der Waals surface area contributed by atoms with E-state index in [1.54, 1.807) is 7.11 Å². The summed E-state index contributed by atoms with van der Waals surface area (Å²) in [5.74, 6) is 0.664. The lowest BCUT2D eigenvalue weighted by Crippen LogP contribution is -2.56. The molecule has 0 aromatic heterocycles. The summed E-state index contributed by atoms with van der Waals surface area (Å²) in [6.45, 7) is 6.26. The van der Waals surface area contributed by atoms with E-state index in [9.17, 15) is 4.79 Å². The average Bonchev–Trinajstić information content (AvgIpc) is 3.15. The number of rotatable bonds is 16. The third-order valence-corrected chi connectivity index (χ3v) is 9.08. The molecular weight excluding hydrogens is 482 g/mol. The fourth-order valence-electron chi connectivity index (χ4n) is 6.42. The van der Waals surface area contributed by atoms with Gasteiger partial charge in [-0.15, -0.1) is 0 Å². The summed E-state index contributed by atoms with van der Waals surface area (Å²) in [6.07, 6.45) is 8.02. The SMILES string of the molecule is COCCOCCOCCOCCN1C[C@]2(CC[C@@](c3ccccc3)(N(C)C)CC2)N(CC2CCC2)C1=O. The van der Waals surface area contributed by atoms with E-state index >= 15 is 0 Å². The molecule has 3 aliphatic rings. The van der Waals surface area contributed by atoms with Crippen molar-refractivity contribution in [3.63, 3.8) is 0 Å². The number of carbonyl (C=O) groups is 1. The predicted octanol–water partition coefficient (Wildman–Crippen LogP) is 3.99. The molecule has 3 fully saturated rings. The molecule has 1 saturated heterocycles. The molecule has 2 saturated carbocycles. The molecule has 2 aliphatic carbocycles. The Labute approximate surface area is 229 Å². The molecule has 1 aromatic carbocycles. The van der Waals surface area contributed by atoms with Gasteiger partial charge in [-0.05, 0) is 64.1 Å². The number of nitrogens with zero attached hydrogens (tertiary/aromatic N) is 3. The Morgan fingerprint density at radius 1 is 0.868 bits per heavy atom. The normalized spacial score (nSPS) is 26.1. The number of urea groups is 1. The zero-order valence-corrected chi connectivity index (χ0v) is 23.9. The summed E-state index contributed by atoms with van der Waals surface area (Å²) in [4.78, 5) is 20.4. The van der Waals surface area contributed by atoms with Crippen molar-refractivity contribution >= 4 is 6.03 Å². The topological polar surface area (TPSA) is 63.7 Å². The van der Waals surface area contributed by atoms with Crippen LogP contribution in [0.2, 0.25) is 0 Å². The highest BCUT2D eigenvalue weighted by Crippen LogP contribution is 2.49. The Morgan fingerprint density at radius 2 is 1.47 bits per heavy atom. The zero-order valence-electron chi connectivity index (χ0n) is 23.9. The van der Waals surface area contributed by atoms with Crippen LogP contribution in [-0.4, -0.2) is 113 Å². The monoisotopic (exact) mass is 531 g/mol. The van der Waals surface area contributed by atoms with Crippen molar-refractivity contribution < 1.29 is 23.7 Å². The molecule has 0 bridgehead atoms. The maximum absolute atomic E-state index is 13.7. The van der Waals surface area contributed by atoms with Gasteiger partial charge < -0.3 is 28.7 Å². The van der Waals surface area contributed by atoms with E-state index in [-0.39, 0.29) is 17.1 Å². The van der Waals surface area contributed by atoms with E-state index in [1.807, 2.05) is 4.90 Å². The number of benzene rings is 1. The van der Waals surface area contributed by atoms with Crippen LogP contribution in [0.15, 0.2) is 30.3 Å². The van der Waals surface area contributed by atoms with E-state index in [2.05, 4.69) is 54.2 Å². The zero-order chi connectivity index (χ0) is 26.8. The number of carbonyl (C=O) groups excluding carboxylic acids is 1. The maximum Gasteiger partial charge on any atom is 0.320 e. The standard InChI is InChI=1S/C30H49N3O5/c1-31(2)30(27-10-5-4-6-11-27)14-12-29(13-15-30)25-32(28(34)33(29)24-26-8-7-9-26)16-17-36-20-21-38-23-22-37-19-18-35-3/h4-6,10-11,26H,7-9,12-25H2,1-3H3/t29-,30-. The third kappa shape index (κ3) is 6.89. The van der Waals surface area contributed by atoms with Crippen molar-refractivity contribution in [1.82, 2.24) is 14.7 Å². The van der Waals surface area contributed by atoms with Crippen molar-refractivity contribution in [3.8, 4) is 0 Å². The van der Waals surface area contributed by atoms with Gasteiger partial charge in [-0.1, -0.05) is 36.8 Å². The lowest BCUT2D eigenvalue weighted by atomic mass is 9.68. The molecule has 0 atom stereocenters. The van der Waals surface area contributed by atoms with E-state index in [4.69, 9.17) is 18.9 Å². The molecule has 1 heterocycles. The Hall–Kier alpha value is -1.71. The lowest BCUT2D eigenvalue weighted by Gasteiger charge is -2.51. The van der Waals surface area contributed by atoms with E-state index in [0.29, 0.717) is 58.7 Å². The van der Waals surface area contributed by atoms with Crippen LogP contribution in [0.4, 0.5) is 4.79 Å². The molecule has 0 radical (unpaired) electrons. The molecule has 38 heavy (non-hydrogen) atoms. The molecule has 1 aromatic rings. The minimum atomic E-state index is -0.0626. The van der Waals surface area contributed by atoms with Crippen LogP contribution >= 0.6 is 0 Å². The molecule has 1 spiro atoms. The second-order valence-corrected chi connectivity index (χ2v) is 11.5. The molecule has 4 rings (SSSR count). The first-order chi connectivity index (χ1) is 18.5. The summed E-state index contributed by atoms with van der Waals surface area (Å²) in [6, 6.07) is 11.1. The van der Waals surface area contributed by atoms with Crippen LogP contribution in [0.25, 0.3) is 0 Å².